The normalized spacial score (nSPS) is 28.7. The third-order valence-corrected chi connectivity index (χ3v) is 5.86. The predicted octanol–water partition coefficient (Wildman–Crippen LogP) is 1.48. The largest absolute Gasteiger partial charge is 0.479 e. The van der Waals surface area contributed by atoms with E-state index in [1.54, 1.807) is 13.2 Å². The molecule has 0 saturated carbocycles. The SMILES string of the molecule is COc1cc(CCC(=O)N2C[C@H]3C[C@@H](C2)[C@H]2CCCC(=O)N2C3)on1. The summed E-state index contributed by atoms with van der Waals surface area (Å²) in [5.74, 6) is 2.45. The van der Waals surface area contributed by atoms with E-state index in [0.717, 1.165) is 38.9 Å². The fourth-order valence-corrected chi connectivity index (χ4v) is 4.71. The van der Waals surface area contributed by atoms with Crippen LogP contribution in [0.1, 0.15) is 37.9 Å². The van der Waals surface area contributed by atoms with Crippen molar-refractivity contribution in [2.75, 3.05) is 26.7 Å². The number of aromatic nitrogens is 1. The molecule has 0 radical (unpaired) electrons. The summed E-state index contributed by atoms with van der Waals surface area (Å²) in [6.45, 7) is 2.37. The number of piperidine rings is 3. The number of aryl methyl sites for hydroxylation is 1. The van der Waals surface area contributed by atoms with Gasteiger partial charge >= 0.3 is 0 Å². The molecule has 1 aromatic rings. The molecule has 25 heavy (non-hydrogen) atoms. The maximum Gasteiger partial charge on any atom is 0.254 e. The minimum absolute atomic E-state index is 0.167. The molecule has 7 heteroatoms. The van der Waals surface area contributed by atoms with Crippen LogP contribution in [0.4, 0.5) is 0 Å². The average Bonchev–Trinajstić information content (AvgIpc) is 3.08. The molecule has 2 amide bonds. The van der Waals surface area contributed by atoms with Crippen LogP contribution in [0.3, 0.4) is 0 Å². The molecule has 3 fully saturated rings. The van der Waals surface area contributed by atoms with Gasteiger partial charge in [0.2, 0.25) is 11.8 Å². The Hall–Kier alpha value is -2.05. The van der Waals surface area contributed by atoms with Crippen molar-refractivity contribution in [1.82, 2.24) is 15.0 Å². The molecular formula is C18H25N3O4. The number of nitrogens with zero attached hydrogens (tertiary/aromatic N) is 3. The second-order valence-corrected chi connectivity index (χ2v) is 7.50. The van der Waals surface area contributed by atoms with Gasteiger partial charge in [-0.3, -0.25) is 9.59 Å². The summed E-state index contributed by atoms with van der Waals surface area (Å²) in [7, 11) is 1.54. The number of fused-ring (bicyclic) bond motifs is 4. The van der Waals surface area contributed by atoms with E-state index in [1.807, 2.05) is 4.90 Å². The zero-order valence-electron chi connectivity index (χ0n) is 14.6. The number of methoxy groups -OCH3 is 1. The molecule has 0 unspecified atom stereocenters. The highest BCUT2D eigenvalue weighted by Gasteiger charge is 2.44. The molecule has 3 atom stereocenters. The van der Waals surface area contributed by atoms with Crippen molar-refractivity contribution in [2.45, 2.75) is 44.6 Å². The van der Waals surface area contributed by atoms with Gasteiger partial charge in [-0.1, -0.05) is 0 Å². The van der Waals surface area contributed by atoms with Gasteiger partial charge in [0, 0.05) is 51.0 Å². The molecule has 7 nitrogen and oxygen atoms in total. The summed E-state index contributed by atoms with van der Waals surface area (Å²) in [5.41, 5.74) is 0. The zero-order valence-corrected chi connectivity index (χ0v) is 14.6. The van der Waals surface area contributed by atoms with Crippen molar-refractivity contribution in [3.63, 3.8) is 0 Å². The van der Waals surface area contributed by atoms with Gasteiger partial charge in [0.15, 0.2) is 0 Å². The molecule has 136 valence electrons. The maximum absolute atomic E-state index is 12.7. The second-order valence-electron chi connectivity index (χ2n) is 7.50. The highest BCUT2D eigenvalue weighted by atomic mass is 16.5. The number of rotatable bonds is 4. The fraction of sp³-hybridized carbons (Fsp3) is 0.722. The number of amides is 2. The van der Waals surface area contributed by atoms with Crippen LogP contribution < -0.4 is 4.74 Å². The number of carbonyl (C=O) groups excluding carboxylic acids is 2. The third kappa shape index (κ3) is 3.24. The zero-order chi connectivity index (χ0) is 17.4. The first-order valence-corrected chi connectivity index (χ1v) is 9.21. The standard InChI is InChI=1S/C18H25N3O4/c1-24-16-8-14(25-19-16)5-6-17(22)20-9-12-7-13(11-20)15-3-2-4-18(23)21(15)10-12/h8,12-13,15H,2-7,9-11H2,1H3/t12-,13+,15-/m1/s1. The van der Waals surface area contributed by atoms with E-state index in [4.69, 9.17) is 9.26 Å². The Morgan fingerprint density at radius 3 is 3.08 bits per heavy atom. The van der Waals surface area contributed by atoms with Crippen LogP contribution in [0, 0.1) is 11.8 Å². The van der Waals surface area contributed by atoms with Crippen LogP contribution in [-0.4, -0.2) is 59.6 Å². The Kier molecular flexibility index (Phi) is 4.39. The number of likely N-dealkylation sites (tertiary alicyclic amines) is 1. The highest BCUT2D eigenvalue weighted by molar-refractivity contribution is 5.78. The fourth-order valence-electron chi connectivity index (χ4n) is 4.71. The number of carbonyl (C=O) groups is 2. The Balaban J connectivity index is 1.36. The molecule has 0 N–H and O–H groups in total. The van der Waals surface area contributed by atoms with Crippen LogP contribution in [-0.2, 0) is 16.0 Å². The molecule has 0 aromatic carbocycles. The number of ether oxygens (including phenoxy) is 1. The molecular weight excluding hydrogens is 322 g/mol. The molecule has 0 spiro atoms. The van der Waals surface area contributed by atoms with Gasteiger partial charge in [-0.15, -0.1) is 0 Å². The van der Waals surface area contributed by atoms with Gasteiger partial charge in [-0.2, -0.15) is 0 Å². The van der Waals surface area contributed by atoms with Crippen LogP contribution in [0.15, 0.2) is 10.6 Å². The minimum Gasteiger partial charge on any atom is -0.479 e. The first kappa shape index (κ1) is 16.4. The van der Waals surface area contributed by atoms with Crippen molar-refractivity contribution >= 4 is 11.8 Å². The number of hydrogen-bond donors (Lipinski definition) is 0. The second kappa shape index (κ2) is 6.69. The molecule has 1 aromatic heterocycles. The van der Waals surface area contributed by atoms with Gasteiger partial charge in [-0.05, 0) is 36.3 Å². The molecule has 4 rings (SSSR count). The summed E-state index contributed by atoms with van der Waals surface area (Å²) < 4.78 is 10.2. The van der Waals surface area contributed by atoms with Crippen LogP contribution >= 0.6 is 0 Å². The van der Waals surface area contributed by atoms with Gasteiger partial charge in [0.05, 0.1) is 7.11 Å². The topological polar surface area (TPSA) is 75.9 Å². The van der Waals surface area contributed by atoms with Crippen molar-refractivity contribution in [1.29, 1.82) is 0 Å². The van der Waals surface area contributed by atoms with E-state index in [2.05, 4.69) is 10.1 Å². The average molecular weight is 347 g/mol. The smallest absolute Gasteiger partial charge is 0.254 e. The van der Waals surface area contributed by atoms with E-state index >= 15 is 0 Å². The van der Waals surface area contributed by atoms with Crippen LogP contribution in [0.5, 0.6) is 5.88 Å². The maximum atomic E-state index is 12.7. The van der Waals surface area contributed by atoms with Crippen LogP contribution in [0.2, 0.25) is 0 Å². The van der Waals surface area contributed by atoms with E-state index in [1.165, 1.54) is 0 Å². The Bertz CT molecular complexity index is 659. The van der Waals surface area contributed by atoms with Crippen molar-refractivity contribution in [2.24, 2.45) is 11.8 Å². The summed E-state index contributed by atoms with van der Waals surface area (Å²) in [6.07, 6.45) is 4.88. The molecule has 0 aliphatic carbocycles. The van der Waals surface area contributed by atoms with E-state index in [0.29, 0.717) is 54.7 Å². The predicted molar refractivity (Wildman–Crippen MR) is 88.9 cm³/mol. The van der Waals surface area contributed by atoms with Gasteiger partial charge in [0.1, 0.15) is 5.76 Å². The molecule has 3 aliphatic heterocycles. The first-order valence-electron chi connectivity index (χ1n) is 9.21. The minimum atomic E-state index is 0.167. The number of hydrogen-bond acceptors (Lipinski definition) is 5. The first-order chi connectivity index (χ1) is 12.1. The molecule has 3 aliphatic rings. The van der Waals surface area contributed by atoms with E-state index in [-0.39, 0.29) is 5.91 Å². The lowest BCUT2D eigenvalue weighted by Gasteiger charge is -2.52. The third-order valence-electron chi connectivity index (χ3n) is 5.86. The van der Waals surface area contributed by atoms with Gasteiger partial charge in [0.25, 0.3) is 5.88 Å². The summed E-state index contributed by atoms with van der Waals surface area (Å²) in [6, 6.07) is 2.07. The monoisotopic (exact) mass is 347 g/mol. The Morgan fingerprint density at radius 2 is 2.28 bits per heavy atom. The van der Waals surface area contributed by atoms with E-state index < -0.39 is 0 Å². The van der Waals surface area contributed by atoms with Gasteiger partial charge < -0.3 is 19.1 Å². The summed E-state index contributed by atoms with van der Waals surface area (Å²) in [4.78, 5) is 28.9. The van der Waals surface area contributed by atoms with E-state index in [9.17, 15) is 9.59 Å². The summed E-state index contributed by atoms with van der Waals surface area (Å²) in [5, 5.41) is 3.76. The van der Waals surface area contributed by atoms with Crippen molar-refractivity contribution in [3.05, 3.63) is 11.8 Å². The lowest BCUT2D eigenvalue weighted by molar-refractivity contribution is -0.148. The highest BCUT2D eigenvalue weighted by Crippen LogP contribution is 2.38. The Labute approximate surface area is 147 Å². The molecule has 4 heterocycles. The lowest BCUT2D eigenvalue weighted by Crippen LogP contribution is -2.61. The van der Waals surface area contributed by atoms with Gasteiger partial charge in [-0.25, -0.2) is 0 Å². The summed E-state index contributed by atoms with van der Waals surface area (Å²) >= 11 is 0. The molecule has 2 bridgehead atoms. The van der Waals surface area contributed by atoms with Crippen molar-refractivity contribution in [3.8, 4) is 5.88 Å². The van der Waals surface area contributed by atoms with Crippen molar-refractivity contribution < 1.29 is 18.8 Å². The lowest BCUT2D eigenvalue weighted by atomic mass is 9.76. The van der Waals surface area contributed by atoms with Crippen LogP contribution in [0.25, 0.3) is 0 Å². The molecule has 3 saturated heterocycles. The quantitative estimate of drug-likeness (QED) is 0.824. The Morgan fingerprint density at radius 1 is 1.40 bits per heavy atom.